The van der Waals surface area contributed by atoms with Gasteiger partial charge in [0, 0.05) is 13.7 Å². The van der Waals surface area contributed by atoms with Crippen LogP contribution in [0.5, 0.6) is 5.75 Å². The topological polar surface area (TPSA) is 47.9 Å². The molecular weight excluding hydrogens is 212 g/mol. The molecule has 1 aromatic rings. The molecule has 1 unspecified atom stereocenters. The van der Waals surface area contributed by atoms with E-state index in [0.29, 0.717) is 12.4 Å². The van der Waals surface area contributed by atoms with Crippen molar-refractivity contribution in [3.05, 3.63) is 30.3 Å². The molecule has 5 heteroatoms. The van der Waals surface area contributed by atoms with Crippen LogP contribution in [0.25, 0.3) is 0 Å². The summed E-state index contributed by atoms with van der Waals surface area (Å²) < 4.78 is 15.4. The summed E-state index contributed by atoms with van der Waals surface area (Å²) in [5.41, 5.74) is 0. The molecule has 1 aromatic carbocycles. The van der Waals surface area contributed by atoms with E-state index >= 15 is 0 Å². The van der Waals surface area contributed by atoms with Crippen LogP contribution in [0.1, 0.15) is 13.3 Å². The number of rotatable bonds is 6. The summed E-state index contributed by atoms with van der Waals surface area (Å²) in [6, 6.07) is 8.99. The van der Waals surface area contributed by atoms with E-state index in [2.05, 4.69) is 0 Å². The van der Waals surface area contributed by atoms with Crippen LogP contribution in [-0.4, -0.2) is 27.6 Å². The summed E-state index contributed by atoms with van der Waals surface area (Å²) in [5.74, 6) is 0.546. The average molecular weight is 228 g/mol. The number of hydrogen-bond acceptors (Lipinski definition) is 4. The van der Waals surface area contributed by atoms with Gasteiger partial charge in [-0.15, -0.1) is 0 Å². The van der Waals surface area contributed by atoms with Crippen LogP contribution < -0.4 is 4.43 Å². The van der Waals surface area contributed by atoms with Gasteiger partial charge in [-0.05, 0) is 18.6 Å². The van der Waals surface area contributed by atoms with Gasteiger partial charge in [0.05, 0.1) is 0 Å². The Bertz CT molecular complexity index is 280. The molecule has 0 amide bonds. The quantitative estimate of drug-likeness (QED) is 0.751. The fraction of sp³-hybridized carbons (Fsp3) is 0.400. The molecule has 0 radical (unpaired) electrons. The molecule has 1 N–H and O–H groups in total. The molecule has 84 valence electrons. The van der Waals surface area contributed by atoms with Crippen LogP contribution in [0.15, 0.2) is 30.3 Å². The van der Waals surface area contributed by atoms with Gasteiger partial charge < -0.3 is 18.1 Å². The lowest BCUT2D eigenvalue weighted by Gasteiger charge is -2.21. The molecule has 0 aromatic heterocycles. The minimum Gasteiger partial charge on any atom is -0.480 e. The Morgan fingerprint density at radius 2 is 1.93 bits per heavy atom. The maximum absolute atomic E-state index is 9.88. The van der Waals surface area contributed by atoms with Gasteiger partial charge in [-0.2, -0.15) is 0 Å². The smallest absolute Gasteiger partial charge is 0.480 e. The van der Waals surface area contributed by atoms with Crippen LogP contribution >= 0.6 is 0 Å². The van der Waals surface area contributed by atoms with E-state index in [9.17, 15) is 4.80 Å². The maximum Gasteiger partial charge on any atom is 0.746 e. The predicted molar refractivity (Wildman–Crippen MR) is 58.3 cm³/mol. The first-order valence-corrected chi connectivity index (χ1v) is 6.53. The van der Waals surface area contributed by atoms with Gasteiger partial charge in [0.15, 0.2) is 0 Å². The van der Waals surface area contributed by atoms with Crippen LogP contribution in [-0.2, 0) is 8.85 Å². The van der Waals surface area contributed by atoms with E-state index in [0.717, 1.165) is 6.42 Å². The summed E-state index contributed by atoms with van der Waals surface area (Å²) in [7, 11) is -2.11. The van der Waals surface area contributed by atoms with Gasteiger partial charge in [0.25, 0.3) is 0 Å². The van der Waals surface area contributed by atoms with E-state index in [1.165, 1.54) is 7.11 Å². The predicted octanol–water partition coefficient (Wildman–Crippen LogP) is 1.57. The fourth-order valence-corrected chi connectivity index (χ4v) is 2.15. The molecule has 0 heterocycles. The van der Waals surface area contributed by atoms with Crippen LogP contribution in [0, 0.1) is 0 Å². The highest BCUT2D eigenvalue weighted by Gasteiger charge is 2.42. The Morgan fingerprint density at radius 1 is 1.27 bits per heavy atom. The monoisotopic (exact) mass is 228 g/mol. The second kappa shape index (κ2) is 5.87. The minimum absolute atomic E-state index is 0.420. The summed E-state index contributed by atoms with van der Waals surface area (Å²) in [6.07, 6.45) is 0.802. The number of para-hydroxylation sites is 1. The zero-order chi connectivity index (χ0) is 11.1. The fourth-order valence-electron chi connectivity index (χ4n) is 0.999. The summed E-state index contributed by atoms with van der Waals surface area (Å²) >= 11 is 0. The lowest BCUT2D eigenvalue weighted by molar-refractivity contribution is 0.0514. The molecule has 1 atom stereocenters. The van der Waals surface area contributed by atoms with Crippen molar-refractivity contribution < 1.29 is 18.1 Å². The molecule has 0 saturated heterocycles. The van der Waals surface area contributed by atoms with Crippen molar-refractivity contribution in [3.63, 3.8) is 0 Å². The number of hydrogen-bond donors (Lipinski definition) is 1. The second-order valence-corrected chi connectivity index (χ2v) is 4.94. The first kappa shape index (κ1) is 12.2. The third-order valence-corrected chi connectivity index (χ3v) is 3.32. The van der Waals surface area contributed by atoms with Crippen molar-refractivity contribution in [2.75, 3.05) is 13.7 Å². The van der Waals surface area contributed by atoms with E-state index in [4.69, 9.17) is 13.3 Å². The highest BCUT2D eigenvalue weighted by molar-refractivity contribution is 6.52. The standard InChI is InChI=1S/C10H16O4Si/c1-3-9-13-15(11,12-2)14-10-7-5-4-6-8-10/h4-8,11H,3,9H2,1-2H3. The van der Waals surface area contributed by atoms with Gasteiger partial charge in [-0.25, -0.2) is 0 Å². The molecule has 0 bridgehead atoms. The molecule has 0 fully saturated rings. The lowest BCUT2D eigenvalue weighted by atomic mass is 10.3. The van der Waals surface area contributed by atoms with Crippen molar-refractivity contribution in [1.82, 2.24) is 0 Å². The van der Waals surface area contributed by atoms with E-state index in [1.54, 1.807) is 12.1 Å². The van der Waals surface area contributed by atoms with Crippen molar-refractivity contribution in [3.8, 4) is 5.75 Å². The molecule has 0 spiro atoms. The third-order valence-electron chi connectivity index (χ3n) is 1.74. The largest absolute Gasteiger partial charge is 0.746 e. The lowest BCUT2D eigenvalue weighted by Crippen LogP contribution is -2.48. The van der Waals surface area contributed by atoms with Gasteiger partial charge in [-0.3, -0.25) is 0 Å². The van der Waals surface area contributed by atoms with E-state index in [1.807, 2.05) is 25.1 Å². The van der Waals surface area contributed by atoms with Gasteiger partial charge >= 0.3 is 9.05 Å². The van der Waals surface area contributed by atoms with Gasteiger partial charge in [-0.1, -0.05) is 25.1 Å². The van der Waals surface area contributed by atoms with Crippen molar-refractivity contribution in [2.45, 2.75) is 13.3 Å². The van der Waals surface area contributed by atoms with Gasteiger partial charge in [0.2, 0.25) is 0 Å². The number of benzene rings is 1. The normalized spacial score (nSPS) is 14.6. The molecule has 0 aliphatic carbocycles. The van der Waals surface area contributed by atoms with Crippen LogP contribution in [0.2, 0.25) is 0 Å². The van der Waals surface area contributed by atoms with Crippen LogP contribution in [0.4, 0.5) is 0 Å². The molecule has 15 heavy (non-hydrogen) atoms. The molecular formula is C10H16O4Si. The van der Waals surface area contributed by atoms with E-state index in [-0.39, 0.29) is 0 Å². The van der Waals surface area contributed by atoms with Crippen LogP contribution in [0.3, 0.4) is 0 Å². The Balaban J connectivity index is 2.59. The van der Waals surface area contributed by atoms with E-state index < -0.39 is 9.05 Å². The molecule has 4 nitrogen and oxygen atoms in total. The highest BCUT2D eigenvalue weighted by atomic mass is 28.4. The second-order valence-electron chi connectivity index (χ2n) is 2.99. The Kier molecular flexibility index (Phi) is 4.77. The molecule has 0 aliphatic rings. The minimum atomic E-state index is -3.49. The first-order valence-electron chi connectivity index (χ1n) is 4.85. The van der Waals surface area contributed by atoms with Crippen molar-refractivity contribution in [2.24, 2.45) is 0 Å². The summed E-state index contributed by atoms with van der Waals surface area (Å²) in [4.78, 5) is 9.88. The Labute approximate surface area is 90.9 Å². The Hall–Kier alpha value is -0.883. The SMILES string of the molecule is CCCO[Si](O)(OC)Oc1ccccc1. The highest BCUT2D eigenvalue weighted by Crippen LogP contribution is 2.14. The average Bonchev–Trinajstić information content (AvgIpc) is 2.28. The Morgan fingerprint density at radius 3 is 2.47 bits per heavy atom. The van der Waals surface area contributed by atoms with Crippen molar-refractivity contribution in [1.29, 1.82) is 0 Å². The summed E-state index contributed by atoms with van der Waals surface area (Å²) in [5, 5.41) is 0. The van der Waals surface area contributed by atoms with Gasteiger partial charge in [0.1, 0.15) is 5.75 Å². The van der Waals surface area contributed by atoms with Crippen molar-refractivity contribution >= 4 is 9.05 Å². The molecule has 0 saturated carbocycles. The first-order chi connectivity index (χ1) is 7.20. The zero-order valence-corrected chi connectivity index (χ0v) is 9.97. The summed E-state index contributed by atoms with van der Waals surface area (Å²) in [6.45, 7) is 2.37. The molecule has 0 aliphatic heterocycles. The zero-order valence-electron chi connectivity index (χ0n) is 8.97. The third kappa shape index (κ3) is 4.01. The molecule has 1 rings (SSSR count). The maximum atomic E-state index is 9.88.